The molecule has 0 heterocycles. The van der Waals surface area contributed by atoms with E-state index in [1.54, 1.807) is 6.07 Å². The molecule has 2 N–H and O–H groups in total. The van der Waals surface area contributed by atoms with Crippen LogP contribution in [-0.4, -0.2) is 18.2 Å². The van der Waals surface area contributed by atoms with Gasteiger partial charge in [-0.2, -0.15) is 0 Å². The van der Waals surface area contributed by atoms with Crippen LogP contribution in [0.1, 0.15) is 30.9 Å². The lowest BCUT2D eigenvalue weighted by atomic mass is 10.1. The second kappa shape index (κ2) is 8.03. The molecule has 100 valence electrons. The molecule has 0 unspecified atom stereocenters. The molecule has 0 aliphatic carbocycles. The van der Waals surface area contributed by atoms with Gasteiger partial charge < -0.3 is 10.6 Å². The summed E-state index contributed by atoms with van der Waals surface area (Å²) in [6, 6.07) is 4.90. The minimum atomic E-state index is -0.180. The number of nitrogens with one attached hydrogen (secondary N) is 2. The second-order valence-corrected chi connectivity index (χ2v) is 4.77. The molecule has 0 saturated carbocycles. The highest BCUT2D eigenvalue weighted by Gasteiger charge is 2.00. The molecule has 1 aromatic rings. The van der Waals surface area contributed by atoms with Gasteiger partial charge in [0.2, 0.25) is 0 Å². The number of rotatable bonds is 6. The normalized spacial score (nSPS) is 10.2. The number of benzene rings is 1. The number of thiocarbonyl (C=S) groups is 1. The van der Waals surface area contributed by atoms with Crippen LogP contribution in [0.25, 0.3) is 0 Å². The Labute approximate surface area is 114 Å². The Morgan fingerprint density at radius 1 is 1.28 bits per heavy atom. The Morgan fingerprint density at radius 2 is 2.00 bits per heavy atom. The van der Waals surface area contributed by atoms with Crippen molar-refractivity contribution in [1.82, 2.24) is 10.6 Å². The maximum absolute atomic E-state index is 12.9. The third kappa shape index (κ3) is 5.45. The molecule has 2 nitrogen and oxygen atoms in total. The van der Waals surface area contributed by atoms with Crippen LogP contribution in [0.4, 0.5) is 4.39 Å². The fraction of sp³-hybridized carbons (Fsp3) is 0.500. The fourth-order valence-electron chi connectivity index (χ4n) is 1.69. The van der Waals surface area contributed by atoms with E-state index in [0.29, 0.717) is 5.11 Å². The molecule has 1 rings (SSSR count). The van der Waals surface area contributed by atoms with Gasteiger partial charge in [0.15, 0.2) is 5.11 Å². The van der Waals surface area contributed by atoms with Crippen LogP contribution in [-0.2, 0) is 6.42 Å². The molecular formula is C14H21FN2S. The third-order valence-corrected chi connectivity index (χ3v) is 3.09. The molecule has 0 spiro atoms. The van der Waals surface area contributed by atoms with Crippen molar-refractivity contribution in [2.45, 2.75) is 33.1 Å². The van der Waals surface area contributed by atoms with Gasteiger partial charge in [0, 0.05) is 13.1 Å². The standard InChI is InChI=1S/C14H21FN2S/c1-3-4-8-16-14(18)17-9-7-12-5-6-13(15)10-11(12)2/h5-6,10H,3-4,7-9H2,1-2H3,(H2,16,17,18). The van der Waals surface area contributed by atoms with E-state index in [1.807, 2.05) is 13.0 Å². The van der Waals surface area contributed by atoms with Gasteiger partial charge >= 0.3 is 0 Å². The van der Waals surface area contributed by atoms with Crippen LogP contribution in [0.15, 0.2) is 18.2 Å². The summed E-state index contributed by atoms with van der Waals surface area (Å²) in [4.78, 5) is 0. The highest BCUT2D eigenvalue weighted by Crippen LogP contribution is 2.10. The molecule has 18 heavy (non-hydrogen) atoms. The zero-order valence-electron chi connectivity index (χ0n) is 11.1. The molecule has 0 bridgehead atoms. The molecule has 0 atom stereocenters. The van der Waals surface area contributed by atoms with E-state index < -0.39 is 0 Å². The highest BCUT2D eigenvalue weighted by molar-refractivity contribution is 7.80. The Balaban J connectivity index is 2.26. The van der Waals surface area contributed by atoms with Crippen LogP contribution in [0.5, 0.6) is 0 Å². The number of unbranched alkanes of at least 4 members (excludes halogenated alkanes) is 1. The summed E-state index contributed by atoms with van der Waals surface area (Å²) in [5.41, 5.74) is 2.14. The molecule has 0 fully saturated rings. The van der Waals surface area contributed by atoms with Crippen molar-refractivity contribution in [3.63, 3.8) is 0 Å². The summed E-state index contributed by atoms with van der Waals surface area (Å²) in [7, 11) is 0. The van der Waals surface area contributed by atoms with Gasteiger partial charge in [-0.05, 0) is 55.2 Å². The summed E-state index contributed by atoms with van der Waals surface area (Å²) >= 11 is 5.15. The largest absolute Gasteiger partial charge is 0.363 e. The van der Waals surface area contributed by atoms with Crippen molar-refractivity contribution >= 4 is 17.3 Å². The molecule has 0 aliphatic heterocycles. The predicted molar refractivity (Wildman–Crippen MR) is 78.4 cm³/mol. The molecule has 4 heteroatoms. The van der Waals surface area contributed by atoms with Gasteiger partial charge in [-0.1, -0.05) is 19.4 Å². The zero-order valence-corrected chi connectivity index (χ0v) is 11.9. The van der Waals surface area contributed by atoms with Gasteiger partial charge in [-0.15, -0.1) is 0 Å². The van der Waals surface area contributed by atoms with Crippen LogP contribution in [0, 0.1) is 12.7 Å². The van der Waals surface area contributed by atoms with E-state index in [2.05, 4.69) is 17.6 Å². The van der Waals surface area contributed by atoms with Gasteiger partial charge in [0.25, 0.3) is 0 Å². The van der Waals surface area contributed by atoms with Crippen molar-refractivity contribution in [3.05, 3.63) is 35.1 Å². The average Bonchev–Trinajstić information content (AvgIpc) is 2.32. The lowest BCUT2D eigenvalue weighted by Gasteiger charge is -2.11. The minimum absolute atomic E-state index is 0.180. The van der Waals surface area contributed by atoms with Crippen molar-refractivity contribution in [1.29, 1.82) is 0 Å². The first kappa shape index (κ1) is 14.9. The van der Waals surface area contributed by atoms with Crippen LogP contribution in [0.2, 0.25) is 0 Å². The van der Waals surface area contributed by atoms with E-state index in [0.717, 1.165) is 43.5 Å². The van der Waals surface area contributed by atoms with Gasteiger partial charge in [0.1, 0.15) is 5.82 Å². The summed E-state index contributed by atoms with van der Waals surface area (Å²) in [6.07, 6.45) is 3.13. The number of hydrogen-bond donors (Lipinski definition) is 2. The monoisotopic (exact) mass is 268 g/mol. The SMILES string of the molecule is CCCCNC(=S)NCCc1ccc(F)cc1C. The van der Waals surface area contributed by atoms with E-state index in [9.17, 15) is 4.39 Å². The van der Waals surface area contributed by atoms with Gasteiger partial charge in [-0.3, -0.25) is 0 Å². The molecular weight excluding hydrogens is 247 g/mol. The summed E-state index contributed by atoms with van der Waals surface area (Å²) in [6.45, 7) is 5.76. The van der Waals surface area contributed by atoms with Crippen molar-refractivity contribution in [2.24, 2.45) is 0 Å². The van der Waals surface area contributed by atoms with E-state index in [4.69, 9.17) is 12.2 Å². The number of hydrogen-bond acceptors (Lipinski definition) is 1. The minimum Gasteiger partial charge on any atom is -0.363 e. The van der Waals surface area contributed by atoms with Gasteiger partial charge in [0.05, 0.1) is 0 Å². The van der Waals surface area contributed by atoms with E-state index in [-0.39, 0.29) is 5.82 Å². The lowest BCUT2D eigenvalue weighted by Crippen LogP contribution is -2.36. The Hall–Kier alpha value is -1.16. The number of halogens is 1. The first-order valence-electron chi connectivity index (χ1n) is 6.40. The summed E-state index contributed by atoms with van der Waals surface area (Å²) in [5.74, 6) is -0.180. The predicted octanol–water partition coefficient (Wildman–Crippen LogP) is 2.94. The van der Waals surface area contributed by atoms with Gasteiger partial charge in [-0.25, -0.2) is 4.39 Å². The Bertz CT molecular complexity index is 393. The molecule has 0 aromatic heterocycles. The van der Waals surface area contributed by atoms with E-state index in [1.165, 1.54) is 6.07 Å². The molecule has 0 saturated heterocycles. The maximum Gasteiger partial charge on any atom is 0.166 e. The summed E-state index contributed by atoms with van der Waals surface area (Å²) < 4.78 is 12.9. The van der Waals surface area contributed by atoms with Crippen LogP contribution >= 0.6 is 12.2 Å². The topological polar surface area (TPSA) is 24.1 Å². The smallest absolute Gasteiger partial charge is 0.166 e. The van der Waals surface area contributed by atoms with Crippen LogP contribution in [0.3, 0.4) is 0 Å². The van der Waals surface area contributed by atoms with Crippen molar-refractivity contribution in [3.8, 4) is 0 Å². The van der Waals surface area contributed by atoms with E-state index >= 15 is 0 Å². The zero-order chi connectivity index (χ0) is 13.4. The maximum atomic E-state index is 12.9. The second-order valence-electron chi connectivity index (χ2n) is 4.36. The van der Waals surface area contributed by atoms with Crippen molar-refractivity contribution in [2.75, 3.05) is 13.1 Å². The molecule has 1 aromatic carbocycles. The third-order valence-electron chi connectivity index (χ3n) is 2.80. The van der Waals surface area contributed by atoms with Crippen LogP contribution < -0.4 is 10.6 Å². The summed E-state index contributed by atoms with van der Waals surface area (Å²) in [5, 5.41) is 7.01. The molecule has 0 amide bonds. The highest BCUT2D eigenvalue weighted by atomic mass is 32.1. The first-order chi connectivity index (χ1) is 8.63. The Morgan fingerprint density at radius 3 is 2.67 bits per heavy atom. The number of aryl methyl sites for hydroxylation is 1. The average molecular weight is 268 g/mol. The lowest BCUT2D eigenvalue weighted by molar-refractivity contribution is 0.625. The first-order valence-corrected chi connectivity index (χ1v) is 6.81. The molecule has 0 radical (unpaired) electrons. The Kier molecular flexibility index (Phi) is 6.65. The quantitative estimate of drug-likeness (QED) is 0.613. The van der Waals surface area contributed by atoms with Crippen molar-refractivity contribution < 1.29 is 4.39 Å². The fourth-order valence-corrected chi connectivity index (χ4v) is 1.90. The molecule has 0 aliphatic rings.